The number of aromatic nitrogens is 1. The number of rotatable bonds is 8. The van der Waals surface area contributed by atoms with Gasteiger partial charge >= 0.3 is 0 Å². The fourth-order valence-electron chi connectivity index (χ4n) is 1.95. The van der Waals surface area contributed by atoms with Crippen molar-refractivity contribution in [3.63, 3.8) is 0 Å². The molecule has 0 aromatic carbocycles. The molecular weight excluding hydrogens is 264 g/mol. The van der Waals surface area contributed by atoms with Crippen LogP contribution in [0, 0.1) is 5.92 Å². The minimum Gasteiger partial charge on any atom is -0.370 e. The quantitative estimate of drug-likeness (QED) is 0.771. The molecule has 5 nitrogen and oxygen atoms in total. The summed E-state index contributed by atoms with van der Waals surface area (Å²) in [6.45, 7) is 8.05. The number of likely N-dealkylation sites (N-methyl/N-ethyl adjacent to an activating group) is 1. The van der Waals surface area contributed by atoms with Crippen LogP contribution in [0.25, 0.3) is 0 Å². The Hall–Kier alpha value is -1.62. The van der Waals surface area contributed by atoms with E-state index in [-0.39, 0.29) is 11.9 Å². The lowest BCUT2D eigenvalue weighted by Gasteiger charge is -2.25. The zero-order valence-corrected chi connectivity index (χ0v) is 13.8. The number of pyridine rings is 1. The molecule has 118 valence electrons. The van der Waals surface area contributed by atoms with E-state index >= 15 is 0 Å². The van der Waals surface area contributed by atoms with Gasteiger partial charge in [0.15, 0.2) is 0 Å². The summed E-state index contributed by atoms with van der Waals surface area (Å²) in [4.78, 5) is 18.6. The Labute approximate surface area is 128 Å². The van der Waals surface area contributed by atoms with E-state index in [2.05, 4.69) is 41.3 Å². The van der Waals surface area contributed by atoms with Crippen LogP contribution >= 0.6 is 0 Å². The summed E-state index contributed by atoms with van der Waals surface area (Å²) in [6, 6.07) is 3.79. The predicted octanol–water partition coefficient (Wildman–Crippen LogP) is 2.22. The molecule has 0 spiro atoms. The smallest absolute Gasteiger partial charge is 0.253 e. The van der Waals surface area contributed by atoms with E-state index in [0.29, 0.717) is 11.5 Å². The minimum atomic E-state index is -0.0647. The van der Waals surface area contributed by atoms with Gasteiger partial charge in [0.05, 0.1) is 5.56 Å². The largest absolute Gasteiger partial charge is 0.370 e. The standard InChI is InChI=1S/C16H28N4O/c1-6-9-17-15-8-7-13(10-18-15)16(21)19-14(12(2)3)11-20(4)5/h7-8,10,12,14H,6,9,11H2,1-5H3,(H,17,18)(H,19,21). The fraction of sp³-hybridized carbons (Fsp3) is 0.625. The number of nitrogens with zero attached hydrogens (tertiary/aromatic N) is 2. The first-order chi connectivity index (χ1) is 9.93. The highest BCUT2D eigenvalue weighted by atomic mass is 16.1. The van der Waals surface area contributed by atoms with Crippen LogP contribution in [0.5, 0.6) is 0 Å². The van der Waals surface area contributed by atoms with E-state index in [4.69, 9.17) is 0 Å². The molecule has 1 aromatic rings. The Bertz CT molecular complexity index is 428. The van der Waals surface area contributed by atoms with Gasteiger partial charge < -0.3 is 15.5 Å². The molecule has 1 unspecified atom stereocenters. The molecule has 21 heavy (non-hydrogen) atoms. The van der Waals surface area contributed by atoms with E-state index < -0.39 is 0 Å². The van der Waals surface area contributed by atoms with Crippen molar-refractivity contribution >= 4 is 11.7 Å². The van der Waals surface area contributed by atoms with Gasteiger partial charge in [0.25, 0.3) is 5.91 Å². The summed E-state index contributed by atoms with van der Waals surface area (Å²) in [5.41, 5.74) is 0.599. The predicted molar refractivity (Wildman–Crippen MR) is 87.7 cm³/mol. The summed E-state index contributed by atoms with van der Waals surface area (Å²) >= 11 is 0. The van der Waals surface area contributed by atoms with Gasteiger partial charge in [-0.1, -0.05) is 20.8 Å². The molecule has 0 aliphatic rings. The Balaban J connectivity index is 2.65. The first-order valence-corrected chi connectivity index (χ1v) is 7.59. The SMILES string of the molecule is CCCNc1ccc(C(=O)NC(CN(C)C)C(C)C)cn1. The highest BCUT2D eigenvalue weighted by Crippen LogP contribution is 2.08. The molecular formula is C16H28N4O. The first-order valence-electron chi connectivity index (χ1n) is 7.59. The molecule has 1 heterocycles. The van der Waals surface area contributed by atoms with Crippen LogP contribution in [0.4, 0.5) is 5.82 Å². The average molecular weight is 292 g/mol. The third-order valence-electron chi connectivity index (χ3n) is 3.26. The zero-order valence-electron chi connectivity index (χ0n) is 13.8. The van der Waals surface area contributed by atoms with Crippen LogP contribution < -0.4 is 10.6 Å². The van der Waals surface area contributed by atoms with Crippen LogP contribution in [0.15, 0.2) is 18.3 Å². The molecule has 2 N–H and O–H groups in total. The molecule has 0 radical (unpaired) electrons. The van der Waals surface area contributed by atoms with Crippen LogP contribution in [0.3, 0.4) is 0 Å². The number of anilines is 1. The summed E-state index contributed by atoms with van der Waals surface area (Å²) in [7, 11) is 4.02. The molecule has 1 atom stereocenters. The maximum Gasteiger partial charge on any atom is 0.253 e. The van der Waals surface area contributed by atoms with Gasteiger partial charge in [-0.25, -0.2) is 4.98 Å². The van der Waals surface area contributed by atoms with E-state index in [0.717, 1.165) is 25.3 Å². The van der Waals surface area contributed by atoms with Crippen molar-refractivity contribution in [3.8, 4) is 0 Å². The maximum atomic E-state index is 12.3. The zero-order chi connectivity index (χ0) is 15.8. The molecule has 0 bridgehead atoms. The first kappa shape index (κ1) is 17.4. The number of carbonyl (C=O) groups is 1. The monoisotopic (exact) mass is 292 g/mol. The topological polar surface area (TPSA) is 57.3 Å². The van der Waals surface area contributed by atoms with Crippen molar-refractivity contribution in [2.75, 3.05) is 32.5 Å². The van der Waals surface area contributed by atoms with E-state index in [1.165, 1.54) is 0 Å². The minimum absolute atomic E-state index is 0.0647. The normalized spacial score (nSPS) is 12.5. The van der Waals surface area contributed by atoms with E-state index in [1.807, 2.05) is 26.2 Å². The molecule has 0 saturated carbocycles. The molecule has 1 amide bonds. The van der Waals surface area contributed by atoms with Crippen molar-refractivity contribution < 1.29 is 4.79 Å². The van der Waals surface area contributed by atoms with Crippen LogP contribution in [0.1, 0.15) is 37.6 Å². The van der Waals surface area contributed by atoms with Gasteiger partial charge in [-0.05, 0) is 38.6 Å². The number of nitrogens with one attached hydrogen (secondary N) is 2. The molecule has 0 aliphatic carbocycles. The van der Waals surface area contributed by atoms with Crippen molar-refractivity contribution in [1.29, 1.82) is 0 Å². The van der Waals surface area contributed by atoms with Crippen LogP contribution in [-0.4, -0.2) is 49.0 Å². The Morgan fingerprint density at radius 1 is 1.33 bits per heavy atom. The molecule has 0 saturated heterocycles. The van der Waals surface area contributed by atoms with E-state index in [9.17, 15) is 4.79 Å². The Morgan fingerprint density at radius 3 is 2.52 bits per heavy atom. The van der Waals surface area contributed by atoms with Gasteiger partial charge in [-0.2, -0.15) is 0 Å². The van der Waals surface area contributed by atoms with Gasteiger partial charge in [-0.15, -0.1) is 0 Å². The highest BCUT2D eigenvalue weighted by molar-refractivity contribution is 5.94. The highest BCUT2D eigenvalue weighted by Gasteiger charge is 2.18. The summed E-state index contributed by atoms with van der Waals surface area (Å²) in [6.07, 6.45) is 2.67. The van der Waals surface area contributed by atoms with Crippen LogP contribution in [-0.2, 0) is 0 Å². The summed E-state index contributed by atoms with van der Waals surface area (Å²) < 4.78 is 0. The fourth-order valence-corrected chi connectivity index (χ4v) is 1.95. The number of hydrogen-bond donors (Lipinski definition) is 2. The summed E-state index contributed by atoms with van der Waals surface area (Å²) in [5.74, 6) is 1.13. The second kappa shape index (κ2) is 8.62. The lowest BCUT2D eigenvalue weighted by atomic mass is 10.0. The molecule has 0 aliphatic heterocycles. The van der Waals surface area contributed by atoms with Crippen molar-refractivity contribution in [1.82, 2.24) is 15.2 Å². The molecule has 5 heteroatoms. The number of amides is 1. The molecule has 1 aromatic heterocycles. The third kappa shape index (κ3) is 6.12. The van der Waals surface area contributed by atoms with Gasteiger partial charge in [0, 0.05) is 25.3 Å². The second-order valence-electron chi connectivity index (χ2n) is 5.95. The van der Waals surface area contributed by atoms with Crippen molar-refractivity contribution in [2.24, 2.45) is 5.92 Å². The van der Waals surface area contributed by atoms with Crippen molar-refractivity contribution in [3.05, 3.63) is 23.9 Å². The number of carbonyl (C=O) groups excluding carboxylic acids is 1. The lowest BCUT2D eigenvalue weighted by Crippen LogP contribution is -2.45. The summed E-state index contributed by atoms with van der Waals surface area (Å²) in [5, 5.41) is 6.28. The van der Waals surface area contributed by atoms with Gasteiger partial charge in [0.1, 0.15) is 5.82 Å². The number of hydrogen-bond acceptors (Lipinski definition) is 4. The second-order valence-corrected chi connectivity index (χ2v) is 5.95. The Kier molecular flexibility index (Phi) is 7.15. The average Bonchev–Trinajstić information content (AvgIpc) is 2.44. The van der Waals surface area contributed by atoms with Gasteiger partial charge in [-0.3, -0.25) is 4.79 Å². The van der Waals surface area contributed by atoms with Gasteiger partial charge in [0.2, 0.25) is 0 Å². The lowest BCUT2D eigenvalue weighted by molar-refractivity contribution is 0.0916. The third-order valence-corrected chi connectivity index (χ3v) is 3.26. The molecule has 1 rings (SSSR count). The van der Waals surface area contributed by atoms with Crippen LogP contribution in [0.2, 0.25) is 0 Å². The maximum absolute atomic E-state index is 12.3. The Morgan fingerprint density at radius 2 is 2.05 bits per heavy atom. The van der Waals surface area contributed by atoms with Crippen molar-refractivity contribution in [2.45, 2.75) is 33.2 Å². The van der Waals surface area contributed by atoms with E-state index in [1.54, 1.807) is 6.20 Å². The molecule has 0 fully saturated rings.